The van der Waals surface area contributed by atoms with Crippen LogP contribution >= 0.6 is 12.4 Å². The molecule has 388 valence electrons. The molecule has 8 rings (SSSR count). The van der Waals surface area contributed by atoms with Crippen LogP contribution < -0.4 is 44.4 Å². The average Bonchev–Trinajstić information content (AvgIpc) is 3.34. The highest BCUT2D eigenvalue weighted by Gasteiger charge is 2.58. The van der Waals surface area contributed by atoms with E-state index in [-0.39, 0.29) is 70.2 Å². The monoisotopic (exact) mass is 1000 g/mol. The molecule has 4 amide bonds. The Kier molecular flexibility index (Phi) is 19.8. The molecule has 0 heterocycles. The number of methoxy groups -OCH3 is 6. The van der Waals surface area contributed by atoms with Gasteiger partial charge in [-0.05, 0) is 129 Å². The first-order chi connectivity index (χ1) is 33.1. The van der Waals surface area contributed by atoms with Crippen molar-refractivity contribution in [1.82, 2.24) is 25.8 Å². The van der Waals surface area contributed by atoms with Crippen molar-refractivity contribution in [3.8, 4) is 34.5 Å². The summed E-state index contributed by atoms with van der Waals surface area (Å²) in [4.78, 5) is 90.2. The van der Waals surface area contributed by atoms with E-state index in [1.54, 1.807) is 0 Å². The second-order valence-corrected chi connectivity index (χ2v) is 19.0. The molecule has 2 aromatic rings. The van der Waals surface area contributed by atoms with Crippen molar-refractivity contribution in [3.63, 3.8) is 0 Å². The van der Waals surface area contributed by atoms with Crippen LogP contribution in [0.5, 0.6) is 34.5 Å². The van der Waals surface area contributed by atoms with E-state index in [1.165, 1.54) is 66.9 Å². The zero-order valence-electron chi connectivity index (χ0n) is 42.1. The molecule has 6 aliphatic rings. The molecule has 0 radical (unpaired) electrons. The van der Waals surface area contributed by atoms with Crippen LogP contribution in [0.1, 0.15) is 72.1 Å². The van der Waals surface area contributed by atoms with Gasteiger partial charge in [-0.1, -0.05) is 0 Å². The van der Waals surface area contributed by atoms with Crippen LogP contribution in [0, 0.1) is 47.3 Å². The minimum atomic E-state index is -1.05. The Morgan fingerprint density at radius 1 is 0.500 bits per heavy atom. The highest BCUT2D eigenvalue weighted by molar-refractivity contribution is 6.01. The Labute approximate surface area is 417 Å². The molecule has 4 bridgehead atoms. The fourth-order valence-electron chi connectivity index (χ4n) is 11.2. The number of rotatable bonds is 22. The van der Waals surface area contributed by atoms with Crippen molar-refractivity contribution in [1.29, 1.82) is 0 Å². The number of carbonyl (C=O) groups is 6. The van der Waals surface area contributed by atoms with E-state index in [1.807, 2.05) is 38.0 Å². The zero-order chi connectivity index (χ0) is 50.1. The van der Waals surface area contributed by atoms with E-state index in [0.29, 0.717) is 76.0 Å². The van der Waals surface area contributed by atoms with Crippen molar-refractivity contribution in [2.24, 2.45) is 47.3 Å². The minimum Gasteiger partial charge on any atom is -0.493 e. The van der Waals surface area contributed by atoms with E-state index in [0.717, 1.165) is 13.1 Å². The molecule has 19 nitrogen and oxygen atoms in total. The Bertz CT molecular complexity index is 1990. The number of halogens is 1. The quantitative estimate of drug-likeness (QED) is 0.0862. The Morgan fingerprint density at radius 2 is 0.843 bits per heavy atom. The molecule has 0 aromatic heterocycles. The molecule has 10 unspecified atom stereocenters. The van der Waals surface area contributed by atoms with E-state index in [9.17, 15) is 28.8 Å². The average molecular weight is 1000 g/mol. The molecule has 0 saturated heterocycles. The number of fused-ring (bicyclic) bond motifs is 6. The maximum Gasteiger partial charge on any atom is 0.338 e. The summed E-state index contributed by atoms with van der Waals surface area (Å²) in [6, 6.07) is 5.94. The fraction of sp³-hybridized carbons (Fsp3) is 0.640. The standard InChI is InChI=1S/C50H71N5O14.ClH/c1-54(2)19-11-17-51-45(56)39-27-13-15-31(33(21-27)68-49(60)29-23-35(62-5)43(66-9)36(24-29)63-6)41(39)47(58)53-48(59)42-32-16-14-28(40(42)46(57)52-18-12-20-55(3)4)22-34(32)69-50(61)30-25-37(64-7)44(67-10)38(26-30)65-8;/h23-28,31-34,39-42H,11-22H2,1-10H3,(H,51,56)(H,52,57)(H,53,58,59);1H. The molecule has 20 heteroatoms. The number of nitrogens with one attached hydrogen (secondary N) is 3. The normalized spacial score (nSPS) is 25.2. The molecular formula is C50H72ClN5O14. The number of benzene rings is 2. The molecule has 10 atom stereocenters. The maximum atomic E-state index is 15.0. The lowest BCUT2D eigenvalue weighted by Gasteiger charge is -2.51. The van der Waals surface area contributed by atoms with E-state index in [4.69, 9.17) is 37.9 Å². The van der Waals surface area contributed by atoms with Gasteiger partial charge in [-0.3, -0.25) is 24.5 Å². The molecule has 70 heavy (non-hydrogen) atoms. The number of hydrogen-bond acceptors (Lipinski definition) is 16. The number of amides is 4. The van der Waals surface area contributed by atoms with Gasteiger partial charge in [0.1, 0.15) is 12.2 Å². The Morgan fingerprint density at radius 3 is 1.14 bits per heavy atom. The third kappa shape index (κ3) is 12.3. The summed E-state index contributed by atoms with van der Waals surface area (Å²) >= 11 is 0. The highest BCUT2D eigenvalue weighted by atomic mass is 35.5. The molecule has 6 aliphatic carbocycles. The molecule has 0 spiro atoms. The summed E-state index contributed by atoms with van der Waals surface area (Å²) in [6.07, 6.45) is 2.60. The van der Waals surface area contributed by atoms with Gasteiger partial charge in [0.25, 0.3) is 0 Å². The summed E-state index contributed by atoms with van der Waals surface area (Å²) in [5.74, 6) is -7.45. The second-order valence-electron chi connectivity index (χ2n) is 19.0. The van der Waals surface area contributed by atoms with Crippen LogP contribution in [-0.2, 0) is 28.7 Å². The van der Waals surface area contributed by atoms with Gasteiger partial charge in [0.05, 0.1) is 77.5 Å². The number of ether oxygens (including phenoxy) is 8. The SMILES string of the molecule is COc1cc(C(=O)OC2CC3CCC2C(C(=O)NC(=O)C2C4CCC(CC4OC(=O)c4cc(OC)c(OC)c(OC)c4)C2C(=O)NCCCN(C)C)C3C(=O)NCCCN(C)C)cc(OC)c1OC.Cl. The number of nitrogens with zero attached hydrogens (tertiary/aromatic N) is 2. The van der Waals surface area contributed by atoms with Crippen molar-refractivity contribution in [3.05, 3.63) is 35.4 Å². The number of carbonyl (C=O) groups excluding carboxylic acids is 6. The topological polar surface area (TPSA) is 219 Å². The van der Waals surface area contributed by atoms with E-state index < -0.39 is 71.5 Å². The van der Waals surface area contributed by atoms with Crippen LogP contribution in [0.15, 0.2) is 24.3 Å². The van der Waals surface area contributed by atoms with Crippen molar-refractivity contribution >= 4 is 48.0 Å². The first kappa shape index (κ1) is 55.4. The lowest BCUT2D eigenvalue weighted by molar-refractivity contribution is -0.162. The Hall–Kier alpha value is -5.53. The van der Waals surface area contributed by atoms with Crippen LogP contribution in [0.3, 0.4) is 0 Å². The summed E-state index contributed by atoms with van der Waals surface area (Å²) in [6.45, 7) is 2.23. The van der Waals surface area contributed by atoms with Crippen molar-refractivity contribution in [2.75, 3.05) is 97.0 Å². The van der Waals surface area contributed by atoms with Gasteiger partial charge in [-0.25, -0.2) is 9.59 Å². The van der Waals surface area contributed by atoms with Gasteiger partial charge in [-0.15, -0.1) is 12.4 Å². The molecule has 0 aliphatic heterocycles. The first-order valence-corrected chi connectivity index (χ1v) is 23.8. The number of esters is 2. The highest BCUT2D eigenvalue weighted by Crippen LogP contribution is 2.53. The fourth-order valence-corrected chi connectivity index (χ4v) is 11.2. The van der Waals surface area contributed by atoms with Gasteiger partial charge in [-0.2, -0.15) is 0 Å². The third-order valence-corrected chi connectivity index (χ3v) is 14.4. The second kappa shape index (κ2) is 25.0. The number of hydrogen-bond donors (Lipinski definition) is 3. The molecular weight excluding hydrogens is 930 g/mol. The summed E-state index contributed by atoms with van der Waals surface area (Å²) < 4.78 is 45.2. The minimum absolute atomic E-state index is 0. The molecule has 6 fully saturated rings. The number of imide groups is 1. The lowest BCUT2D eigenvalue weighted by Crippen LogP contribution is -2.61. The van der Waals surface area contributed by atoms with Crippen molar-refractivity contribution in [2.45, 2.75) is 63.6 Å². The van der Waals surface area contributed by atoms with Gasteiger partial charge in [0.15, 0.2) is 23.0 Å². The van der Waals surface area contributed by atoms with Crippen molar-refractivity contribution < 1.29 is 66.7 Å². The predicted octanol–water partition coefficient (Wildman–Crippen LogP) is 4.01. The summed E-state index contributed by atoms with van der Waals surface area (Å²) in [5.41, 5.74) is 0.271. The van der Waals surface area contributed by atoms with Gasteiger partial charge in [0, 0.05) is 24.9 Å². The predicted molar refractivity (Wildman–Crippen MR) is 259 cm³/mol. The molecule has 2 aromatic carbocycles. The maximum absolute atomic E-state index is 15.0. The van der Waals surface area contributed by atoms with Gasteiger partial charge < -0.3 is 58.3 Å². The smallest absolute Gasteiger partial charge is 0.338 e. The van der Waals surface area contributed by atoms with Gasteiger partial charge >= 0.3 is 11.9 Å². The van der Waals surface area contributed by atoms with Crippen LogP contribution in [0.2, 0.25) is 0 Å². The van der Waals surface area contributed by atoms with E-state index in [2.05, 4.69) is 16.0 Å². The Balaban J connectivity index is 0.00000913. The van der Waals surface area contributed by atoms with Gasteiger partial charge in [0.2, 0.25) is 35.1 Å². The van der Waals surface area contributed by atoms with Crippen LogP contribution in [0.4, 0.5) is 0 Å². The largest absolute Gasteiger partial charge is 0.493 e. The lowest BCUT2D eigenvalue weighted by atomic mass is 9.56. The van der Waals surface area contributed by atoms with Crippen LogP contribution in [0.25, 0.3) is 0 Å². The zero-order valence-corrected chi connectivity index (χ0v) is 42.9. The molecule has 3 N–H and O–H groups in total. The first-order valence-electron chi connectivity index (χ1n) is 23.8. The molecule has 6 saturated carbocycles. The summed E-state index contributed by atoms with van der Waals surface area (Å²) in [7, 11) is 16.4. The van der Waals surface area contributed by atoms with E-state index >= 15 is 0 Å². The van der Waals surface area contributed by atoms with Crippen LogP contribution in [-0.4, -0.2) is 155 Å². The summed E-state index contributed by atoms with van der Waals surface area (Å²) in [5, 5.41) is 8.77. The third-order valence-electron chi connectivity index (χ3n) is 14.4.